The fourth-order valence-corrected chi connectivity index (χ4v) is 3.14. The van der Waals surface area contributed by atoms with Gasteiger partial charge in [0.05, 0.1) is 16.6 Å². The van der Waals surface area contributed by atoms with Gasteiger partial charge in [0.15, 0.2) is 0 Å². The Morgan fingerprint density at radius 1 is 0.889 bits per heavy atom. The van der Waals surface area contributed by atoms with E-state index in [2.05, 4.69) is 20.9 Å². The van der Waals surface area contributed by atoms with Crippen LogP contribution in [0, 0.1) is 5.82 Å². The summed E-state index contributed by atoms with van der Waals surface area (Å²) < 4.78 is 16.4. The third-order valence-electron chi connectivity index (χ3n) is 4.20. The van der Waals surface area contributed by atoms with Gasteiger partial charge in [-0.25, -0.2) is 9.37 Å². The summed E-state index contributed by atoms with van der Waals surface area (Å²) in [7, 11) is 0. The van der Waals surface area contributed by atoms with E-state index in [4.69, 9.17) is 0 Å². The zero-order valence-corrected chi connectivity index (χ0v) is 15.7. The van der Waals surface area contributed by atoms with Crippen LogP contribution in [-0.4, -0.2) is 9.55 Å². The number of nitrogens with zero attached hydrogens (tertiary/aromatic N) is 2. The summed E-state index contributed by atoms with van der Waals surface area (Å²) in [4.78, 5) is 17.7. The molecule has 0 atom stereocenters. The predicted molar refractivity (Wildman–Crippen MR) is 110 cm³/mol. The molecule has 3 aromatic carbocycles. The molecule has 0 saturated carbocycles. The minimum Gasteiger partial charge on any atom is -0.268 e. The normalized spacial score (nSPS) is 11.3. The van der Waals surface area contributed by atoms with Gasteiger partial charge < -0.3 is 0 Å². The summed E-state index contributed by atoms with van der Waals surface area (Å²) >= 11 is 3.41. The maximum absolute atomic E-state index is 13.9. The first-order chi connectivity index (χ1) is 13.1. The Hall–Kier alpha value is -3.05. The molecule has 0 unspecified atom stereocenters. The molecule has 0 spiro atoms. The van der Waals surface area contributed by atoms with Crippen LogP contribution in [-0.2, 0) is 0 Å². The molecule has 4 rings (SSSR count). The minimum absolute atomic E-state index is 0.170. The second kappa shape index (κ2) is 7.29. The molecule has 4 aromatic rings. The molecule has 0 N–H and O–H groups in total. The third kappa shape index (κ3) is 3.46. The van der Waals surface area contributed by atoms with Crippen molar-refractivity contribution in [1.29, 1.82) is 0 Å². The van der Waals surface area contributed by atoms with Crippen molar-refractivity contribution in [1.82, 2.24) is 9.55 Å². The SMILES string of the molecule is O=c1c2ccccc2nc(/C=C/c2ccccc2F)n1-c1ccc(Br)cc1. The first-order valence-corrected chi connectivity index (χ1v) is 9.13. The number of hydrogen-bond donors (Lipinski definition) is 0. The Morgan fingerprint density at radius 2 is 1.59 bits per heavy atom. The Morgan fingerprint density at radius 3 is 2.37 bits per heavy atom. The number of aromatic nitrogens is 2. The van der Waals surface area contributed by atoms with E-state index in [0.29, 0.717) is 28.0 Å². The summed E-state index contributed by atoms with van der Waals surface area (Å²) in [5.41, 5.74) is 1.55. The van der Waals surface area contributed by atoms with Crippen LogP contribution in [0.5, 0.6) is 0 Å². The van der Waals surface area contributed by atoms with Gasteiger partial charge in [-0.2, -0.15) is 0 Å². The van der Waals surface area contributed by atoms with Crippen molar-refractivity contribution < 1.29 is 4.39 Å². The average Bonchev–Trinajstić information content (AvgIpc) is 2.69. The maximum atomic E-state index is 13.9. The first-order valence-electron chi connectivity index (χ1n) is 8.34. The molecule has 0 radical (unpaired) electrons. The molecule has 27 heavy (non-hydrogen) atoms. The van der Waals surface area contributed by atoms with E-state index in [1.165, 1.54) is 10.6 Å². The van der Waals surface area contributed by atoms with Gasteiger partial charge in [-0.05, 0) is 54.6 Å². The molecule has 0 fully saturated rings. The lowest BCUT2D eigenvalue weighted by atomic mass is 10.2. The van der Waals surface area contributed by atoms with E-state index in [-0.39, 0.29) is 11.4 Å². The van der Waals surface area contributed by atoms with Crippen LogP contribution < -0.4 is 5.56 Å². The fourth-order valence-electron chi connectivity index (χ4n) is 2.88. The summed E-state index contributed by atoms with van der Waals surface area (Å²) in [6.45, 7) is 0. The average molecular weight is 421 g/mol. The molecule has 132 valence electrons. The first kappa shape index (κ1) is 17.4. The van der Waals surface area contributed by atoms with E-state index in [0.717, 1.165) is 4.47 Å². The molecule has 5 heteroatoms. The van der Waals surface area contributed by atoms with Gasteiger partial charge in [0.1, 0.15) is 11.6 Å². The number of para-hydroxylation sites is 1. The second-order valence-electron chi connectivity index (χ2n) is 5.96. The van der Waals surface area contributed by atoms with E-state index < -0.39 is 0 Å². The number of rotatable bonds is 3. The summed E-state index contributed by atoms with van der Waals surface area (Å²) in [5, 5.41) is 0.531. The molecule has 1 aromatic heterocycles. The Kier molecular flexibility index (Phi) is 4.69. The van der Waals surface area contributed by atoms with Gasteiger partial charge in [0, 0.05) is 10.0 Å². The molecular weight excluding hydrogens is 407 g/mol. The van der Waals surface area contributed by atoms with Crippen LogP contribution in [0.3, 0.4) is 0 Å². The van der Waals surface area contributed by atoms with Crippen molar-refractivity contribution in [3.05, 3.63) is 105 Å². The van der Waals surface area contributed by atoms with Gasteiger partial charge in [-0.15, -0.1) is 0 Å². The number of hydrogen-bond acceptors (Lipinski definition) is 2. The molecule has 1 heterocycles. The highest BCUT2D eigenvalue weighted by atomic mass is 79.9. The highest BCUT2D eigenvalue weighted by molar-refractivity contribution is 9.10. The zero-order valence-electron chi connectivity index (χ0n) is 14.1. The number of benzene rings is 3. The molecule has 0 aliphatic heterocycles. The second-order valence-corrected chi connectivity index (χ2v) is 6.87. The quantitative estimate of drug-likeness (QED) is 0.441. The van der Waals surface area contributed by atoms with E-state index in [1.807, 2.05) is 36.4 Å². The van der Waals surface area contributed by atoms with Gasteiger partial charge in [-0.3, -0.25) is 9.36 Å². The summed E-state index contributed by atoms with van der Waals surface area (Å²) in [5.74, 6) is 0.108. The molecule has 0 bridgehead atoms. The van der Waals surface area contributed by atoms with Crippen molar-refractivity contribution in [3.8, 4) is 5.69 Å². The van der Waals surface area contributed by atoms with E-state index in [1.54, 1.807) is 42.5 Å². The largest absolute Gasteiger partial charge is 0.268 e. The van der Waals surface area contributed by atoms with Crippen molar-refractivity contribution in [2.45, 2.75) is 0 Å². The van der Waals surface area contributed by atoms with Crippen molar-refractivity contribution in [2.24, 2.45) is 0 Å². The zero-order chi connectivity index (χ0) is 18.8. The maximum Gasteiger partial charge on any atom is 0.266 e. The number of halogens is 2. The van der Waals surface area contributed by atoms with Crippen LogP contribution >= 0.6 is 15.9 Å². The van der Waals surface area contributed by atoms with Crippen LogP contribution in [0.15, 0.2) is 82.1 Å². The monoisotopic (exact) mass is 420 g/mol. The summed E-state index contributed by atoms with van der Waals surface area (Å²) in [6, 6.07) is 21.1. The van der Waals surface area contributed by atoms with Crippen molar-refractivity contribution in [3.63, 3.8) is 0 Å². The highest BCUT2D eigenvalue weighted by Gasteiger charge is 2.11. The van der Waals surface area contributed by atoms with Crippen LogP contribution in [0.4, 0.5) is 4.39 Å². The standard InChI is InChI=1S/C22H14BrFN2O/c23-16-10-12-17(13-11-16)26-21(14-9-15-5-1-3-7-19(15)24)25-20-8-4-2-6-18(20)22(26)27/h1-14H/b14-9+. The van der Waals surface area contributed by atoms with Crippen molar-refractivity contribution in [2.75, 3.05) is 0 Å². The van der Waals surface area contributed by atoms with Gasteiger partial charge >= 0.3 is 0 Å². The van der Waals surface area contributed by atoms with Crippen LogP contribution in [0.2, 0.25) is 0 Å². The lowest BCUT2D eigenvalue weighted by Crippen LogP contribution is -2.22. The van der Waals surface area contributed by atoms with E-state index in [9.17, 15) is 9.18 Å². The lowest BCUT2D eigenvalue weighted by Gasteiger charge is -2.11. The fraction of sp³-hybridized carbons (Fsp3) is 0. The third-order valence-corrected chi connectivity index (χ3v) is 4.73. The summed E-state index contributed by atoms with van der Waals surface area (Å²) in [6.07, 6.45) is 3.29. The molecule has 0 amide bonds. The Labute approximate surface area is 163 Å². The smallest absolute Gasteiger partial charge is 0.266 e. The van der Waals surface area contributed by atoms with Gasteiger partial charge in [-0.1, -0.05) is 46.3 Å². The van der Waals surface area contributed by atoms with Gasteiger partial charge in [0.25, 0.3) is 5.56 Å². The minimum atomic E-state index is -0.327. The van der Waals surface area contributed by atoms with Gasteiger partial charge in [0.2, 0.25) is 0 Å². The molecule has 0 aliphatic carbocycles. The Bertz CT molecular complexity index is 1210. The molecule has 0 saturated heterocycles. The topological polar surface area (TPSA) is 34.9 Å². The van der Waals surface area contributed by atoms with E-state index >= 15 is 0 Å². The number of fused-ring (bicyclic) bond motifs is 1. The van der Waals surface area contributed by atoms with Crippen molar-refractivity contribution >= 4 is 39.0 Å². The van der Waals surface area contributed by atoms with Crippen LogP contribution in [0.1, 0.15) is 11.4 Å². The van der Waals surface area contributed by atoms with Crippen LogP contribution in [0.25, 0.3) is 28.7 Å². The predicted octanol–water partition coefficient (Wildman–Crippen LogP) is 5.46. The molecule has 0 aliphatic rings. The lowest BCUT2D eigenvalue weighted by molar-refractivity contribution is 0.625. The molecule has 3 nitrogen and oxygen atoms in total. The highest BCUT2D eigenvalue weighted by Crippen LogP contribution is 2.18. The molecular formula is C22H14BrFN2O. The Balaban J connectivity index is 1.95.